The molecular weight excluding hydrogens is 389 g/mol. The van der Waals surface area contributed by atoms with Gasteiger partial charge >= 0.3 is 0 Å². The Morgan fingerprint density at radius 2 is 1.93 bits per heavy atom. The highest BCUT2D eigenvalue weighted by molar-refractivity contribution is 6.00. The Hall–Kier alpha value is -3.42. The molecule has 2 N–H and O–H groups in total. The minimum absolute atomic E-state index is 0.123. The number of benzene rings is 2. The van der Waals surface area contributed by atoms with E-state index in [4.69, 9.17) is 4.74 Å². The summed E-state index contributed by atoms with van der Waals surface area (Å²) in [6.45, 7) is 2.31. The summed E-state index contributed by atoms with van der Waals surface area (Å²) in [4.78, 5) is 38.4. The van der Waals surface area contributed by atoms with Gasteiger partial charge in [0.05, 0.1) is 13.0 Å². The predicted octanol–water partition coefficient (Wildman–Crippen LogP) is 2.04. The molecule has 0 saturated carbocycles. The molecule has 1 fully saturated rings. The van der Waals surface area contributed by atoms with Gasteiger partial charge in [-0.05, 0) is 36.8 Å². The van der Waals surface area contributed by atoms with Gasteiger partial charge in [0, 0.05) is 43.4 Å². The van der Waals surface area contributed by atoms with Crippen LogP contribution in [0.5, 0.6) is 5.75 Å². The summed E-state index contributed by atoms with van der Waals surface area (Å²) in [5.41, 5.74) is 1.37. The number of anilines is 1. The molecule has 1 aliphatic heterocycles. The number of amides is 3. The first-order valence-electron chi connectivity index (χ1n) is 9.65. The van der Waals surface area contributed by atoms with Crippen molar-refractivity contribution in [2.45, 2.75) is 13.3 Å². The van der Waals surface area contributed by atoms with Gasteiger partial charge in [-0.1, -0.05) is 12.1 Å². The van der Waals surface area contributed by atoms with Crippen LogP contribution in [0.4, 0.5) is 10.1 Å². The number of nitrogens with one attached hydrogen (secondary N) is 2. The SMILES string of the molecule is COc1cccc(N2CC(C(=O)NCCNC(=O)c3ccc(C)c(F)c3)CC2=O)c1. The summed E-state index contributed by atoms with van der Waals surface area (Å²) in [6, 6.07) is 11.4. The van der Waals surface area contributed by atoms with Gasteiger partial charge in [-0.3, -0.25) is 14.4 Å². The number of methoxy groups -OCH3 is 1. The highest BCUT2D eigenvalue weighted by Gasteiger charge is 2.35. The van der Waals surface area contributed by atoms with Crippen LogP contribution in [0.25, 0.3) is 0 Å². The van der Waals surface area contributed by atoms with Gasteiger partial charge in [-0.2, -0.15) is 0 Å². The van der Waals surface area contributed by atoms with Crippen molar-refractivity contribution in [3.8, 4) is 5.75 Å². The van der Waals surface area contributed by atoms with E-state index in [1.54, 1.807) is 49.3 Å². The van der Waals surface area contributed by atoms with Crippen LogP contribution in [-0.4, -0.2) is 44.5 Å². The number of aryl methyl sites for hydroxylation is 1. The summed E-state index contributed by atoms with van der Waals surface area (Å²) in [5.74, 6) is -1.06. The Labute approximate surface area is 174 Å². The number of carbonyl (C=O) groups excluding carboxylic acids is 3. The van der Waals surface area contributed by atoms with E-state index in [1.807, 2.05) is 0 Å². The monoisotopic (exact) mass is 413 g/mol. The Morgan fingerprint density at radius 3 is 2.67 bits per heavy atom. The summed E-state index contributed by atoms with van der Waals surface area (Å²) < 4.78 is 18.7. The number of halogens is 1. The largest absolute Gasteiger partial charge is 0.497 e. The molecule has 30 heavy (non-hydrogen) atoms. The molecule has 0 aliphatic carbocycles. The van der Waals surface area contributed by atoms with Crippen LogP contribution in [0.1, 0.15) is 22.3 Å². The second-order valence-corrected chi connectivity index (χ2v) is 7.12. The summed E-state index contributed by atoms with van der Waals surface area (Å²) in [6.07, 6.45) is 0.123. The molecule has 0 radical (unpaired) electrons. The standard InChI is InChI=1S/C22H24FN3O4/c1-14-6-7-15(10-19(14)23)21(28)24-8-9-25-22(29)16-11-20(27)26(13-16)17-4-3-5-18(12-17)30-2/h3-7,10,12,16H,8-9,11,13H2,1-2H3,(H,24,28)(H,25,29). The zero-order valence-corrected chi connectivity index (χ0v) is 16.9. The topological polar surface area (TPSA) is 87.7 Å². The van der Waals surface area contributed by atoms with Crippen molar-refractivity contribution in [2.75, 3.05) is 31.6 Å². The van der Waals surface area contributed by atoms with Crippen molar-refractivity contribution >= 4 is 23.4 Å². The summed E-state index contributed by atoms with van der Waals surface area (Å²) >= 11 is 0. The quantitative estimate of drug-likeness (QED) is 0.680. The number of rotatable bonds is 7. The third kappa shape index (κ3) is 4.94. The van der Waals surface area contributed by atoms with E-state index in [-0.39, 0.29) is 43.4 Å². The first kappa shape index (κ1) is 21.3. The fraction of sp³-hybridized carbons (Fsp3) is 0.318. The van der Waals surface area contributed by atoms with Gasteiger partial charge in [0.25, 0.3) is 5.91 Å². The fourth-order valence-electron chi connectivity index (χ4n) is 3.25. The maximum absolute atomic E-state index is 13.6. The van der Waals surface area contributed by atoms with Crippen LogP contribution < -0.4 is 20.3 Å². The van der Waals surface area contributed by atoms with Crippen LogP contribution in [0.3, 0.4) is 0 Å². The molecule has 2 aromatic carbocycles. The Morgan fingerprint density at radius 1 is 1.17 bits per heavy atom. The lowest BCUT2D eigenvalue weighted by Crippen LogP contribution is -2.38. The van der Waals surface area contributed by atoms with Gasteiger partial charge in [0.15, 0.2) is 0 Å². The molecule has 8 heteroatoms. The normalized spacial score (nSPS) is 15.8. The fourth-order valence-corrected chi connectivity index (χ4v) is 3.25. The molecule has 1 saturated heterocycles. The van der Waals surface area contributed by atoms with Crippen molar-refractivity contribution in [3.05, 3.63) is 59.4 Å². The van der Waals surface area contributed by atoms with Crippen LogP contribution in [0, 0.1) is 18.7 Å². The van der Waals surface area contributed by atoms with Crippen molar-refractivity contribution < 1.29 is 23.5 Å². The van der Waals surface area contributed by atoms with E-state index in [9.17, 15) is 18.8 Å². The van der Waals surface area contributed by atoms with Crippen molar-refractivity contribution in [3.63, 3.8) is 0 Å². The Balaban J connectivity index is 1.46. The maximum Gasteiger partial charge on any atom is 0.251 e. The van der Waals surface area contributed by atoms with E-state index < -0.39 is 17.6 Å². The molecule has 2 aromatic rings. The Kier molecular flexibility index (Phi) is 6.66. The van der Waals surface area contributed by atoms with Crippen molar-refractivity contribution in [1.82, 2.24) is 10.6 Å². The summed E-state index contributed by atoms with van der Waals surface area (Å²) in [7, 11) is 1.55. The predicted molar refractivity (Wildman–Crippen MR) is 110 cm³/mol. The van der Waals surface area contributed by atoms with Gasteiger partial charge < -0.3 is 20.3 Å². The van der Waals surface area contributed by atoms with E-state index >= 15 is 0 Å². The van der Waals surface area contributed by atoms with E-state index in [2.05, 4.69) is 10.6 Å². The highest BCUT2D eigenvalue weighted by Crippen LogP contribution is 2.27. The maximum atomic E-state index is 13.6. The molecule has 0 aromatic heterocycles. The average molecular weight is 413 g/mol. The third-order valence-corrected chi connectivity index (χ3v) is 5.00. The van der Waals surface area contributed by atoms with Gasteiger partial charge in [-0.15, -0.1) is 0 Å². The first-order valence-corrected chi connectivity index (χ1v) is 9.65. The van der Waals surface area contributed by atoms with Crippen LogP contribution in [0.15, 0.2) is 42.5 Å². The van der Waals surface area contributed by atoms with Gasteiger partial charge in [0.2, 0.25) is 11.8 Å². The van der Waals surface area contributed by atoms with E-state index in [1.165, 1.54) is 12.1 Å². The molecule has 0 bridgehead atoms. The number of hydrogen-bond donors (Lipinski definition) is 2. The zero-order chi connectivity index (χ0) is 21.7. The van der Waals surface area contributed by atoms with Crippen molar-refractivity contribution in [1.29, 1.82) is 0 Å². The molecule has 1 heterocycles. The number of ether oxygens (including phenoxy) is 1. The molecular formula is C22H24FN3O4. The van der Waals surface area contributed by atoms with E-state index in [0.717, 1.165) is 0 Å². The smallest absolute Gasteiger partial charge is 0.251 e. The number of carbonyl (C=O) groups is 3. The Bertz CT molecular complexity index is 963. The average Bonchev–Trinajstić information content (AvgIpc) is 3.14. The summed E-state index contributed by atoms with van der Waals surface area (Å²) in [5, 5.41) is 5.37. The van der Waals surface area contributed by atoms with Crippen LogP contribution in [-0.2, 0) is 9.59 Å². The molecule has 3 amide bonds. The van der Waals surface area contributed by atoms with Crippen molar-refractivity contribution in [2.24, 2.45) is 5.92 Å². The lowest BCUT2D eigenvalue weighted by molar-refractivity contribution is -0.126. The molecule has 1 unspecified atom stereocenters. The van der Waals surface area contributed by atoms with E-state index in [0.29, 0.717) is 17.0 Å². The van der Waals surface area contributed by atoms with Crippen LogP contribution >= 0.6 is 0 Å². The lowest BCUT2D eigenvalue weighted by Gasteiger charge is -2.17. The molecule has 158 valence electrons. The second kappa shape index (κ2) is 9.39. The van der Waals surface area contributed by atoms with Gasteiger partial charge in [-0.25, -0.2) is 4.39 Å². The minimum atomic E-state index is -0.467. The zero-order valence-electron chi connectivity index (χ0n) is 16.9. The number of hydrogen-bond acceptors (Lipinski definition) is 4. The number of nitrogens with zero attached hydrogens (tertiary/aromatic N) is 1. The lowest BCUT2D eigenvalue weighted by atomic mass is 10.1. The molecule has 1 atom stereocenters. The first-order chi connectivity index (χ1) is 14.4. The molecule has 3 rings (SSSR count). The van der Waals surface area contributed by atoms with Crippen LogP contribution in [0.2, 0.25) is 0 Å². The highest BCUT2D eigenvalue weighted by atomic mass is 19.1. The molecule has 1 aliphatic rings. The van der Waals surface area contributed by atoms with Gasteiger partial charge in [0.1, 0.15) is 11.6 Å². The molecule has 7 nitrogen and oxygen atoms in total. The molecule has 0 spiro atoms. The third-order valence-electron chi connectivity index (χ3n) is 5.00. The second-order valence-electron chi connectivity index (χ2n) is 7.12. The minimum Gasteiger partial charge on any atom is -0.497 e.